The Kier molecular flexibility index (Phi) is 6.55. The van der Waals surface area contributed by atoms with Crippen LogP contribution in [0.4, 0.5) is 0 Å². The second kappa shape index (κ2) is 7.76. The second-order valence-corrected chi connectivity index (χ2v) is 7.00. The number of halogens is 1. The monoisotopic (exact) mass is 362 g/mol. The molecule has 0 saturated carbocycles. The SMILES string of the molecule is CCN(CC)S(=O)(=O)c1cc(C(=O)O[C@H](C)C(N)=O)ccc1Cl. The van der Waals surface area contributed by atoms with Crippen LogP contribution in [0.15, 0.2) is 23.1 Å². The van der Waals surface area contributed by atoms with E-state index in [4.69, 9.17) is 22.1 Å². The van der Waals surface area contributed by atoms with Crippen LogP contribution >= 0.6 is 11.6 Å². The molecule has 1 amide bonds. The minimum Gasteiger partial charge on any atom is -0.449 e. The molecule has 0 bridgehead atoms. The van der Waals surface area contributed by atoms with E-state index in [1.54, 1.807) is 13.8 Å². The molecule has 0 radical (unpaired) electrons. The minimum atomic E-state index is -3.83. The molecule has 0 aliphatic carbocycles. The van der Waals surface area contributed by atoms with Crippen LogP contribution in [0.3, 0.4) is 0 Å². The third-order valence-electron chi connectivity index (χ3n) is 3.17. The van der Waals surface area contributed by atoms with Gasteiger partial charge in [-0.1, -0.05) is 25.4 Å². The number of carbonyl (C=O) groups is 2. The van der Waals surface area contributed by atoms with Gasteiger partial charge in [-0.2, -0.15) is 4.31 Å². The first-order valence-electron chi connectivity index (χ1n) is 6.95. The number of rotatable bonds is 7. The van der Waals surface area contributed by atoms with Crippen LogP contribution in [0.5, 0.6) is 0 Å². The summed E-state index contributed by atoms with van der Waals surface area (Å²) in [5, 5.41) is -0.00333. The van der Waals surface area contributed by atoms with Gasteiger partial charge >= 0.3 is 5.97 Å². The molecule has 0 aliphatic heterocycles. The van der Waals surface area contributed by atoms with Crippen LogP contribution in [-0.4, -0.2) is 43.8 Å². The molecule has 128 valence electrons. The van der Waals surface area contributed by atoms with Gasteiger partial charge < -0.3 is 10.5 Å². The van der Waals surface area contributed by atoms with Gasteiger partial charge in [-0.25, -0.2) is 13.2 Å². The largest absolute Gasteiger partial charge is 0.449 e. The Morgan fingerprint density at radius 3 is 2.35 bits per heavy atom. The van der Waals surface area contributed by atoms with Crippen molar-refractivity contribution in [2.24, 2.45) is 5.73 Å². The fourth-order valence-corrected chi connectivity index (χ4v) is 3.78. The van der Waals surface area contributed by atoms with Crippen LogP contribution in [0.2, 0.25) is 5.02 Å². The minimum absolute atomic E-state index is 0.00333. The van der Waals surface area contributed by atoms with Crippen molar-refractivity contribution < 1.29 is 22.7 Å². The molecule has 0 heterocycles. The smallest absolute Gasteiger partial charge is 0.338 e. The van der Waals surface area contributed by atoms with Crippen LogP contribution in [0.1, 0.15) is 31.1 Å². The zero-order valence-electron chi connectivity index (χ0n) is 13.1. The zero-order chi connectivity index (χ0) is 17.8. The molecule has 1 aromatic carbocycles. The first kappa shape index (κ1) is 19.4. The molecule has 1 rings (SSSR count). The first-order chi connectivity index (χ1) is 10.6. The molecule has 1 aromatic rings. The van der Waals surface area contributed by atoms with Crippen LogP contribution in [0, 0.1) is 0 Å². The summed E-state index contributed by atoms with van der Waals surface area (Å²) >= 11 is 5.97. The average molecular weight is 363 g/mol. The average Bonchev–Trinajstić information content (AvgIpc) is 2.48. The Balaban J connectivity index is 3.23. The molecule has 0 fully saturated rings. The lowest BCUT2D eigenvalue weighted by atomic mass is 10.2. The van der Waals surface area contributed by atoms with Gasteiger partial charge in [0.25, 0.3) is 5.91 Å². The number of primary amides is 1. The Labute approximate surface area is 140 Å². The number of ether oxygens (including phenoxy) is 1. The topological polar surface area (TPSA) is 107 Å². The van der Waals surface area contributed by atoms with E-state index in [1.807, 2.05) is 0 Å². The molecule has 7 nitrogen and oxygen atoms in total. The zero-order valence-corrected chi connectivity index (χ0v) is 14.6. The molecular weight excluding hydrogens is 344 g/mol. The third-order valence-corrected chi connectivity index (χ3v) is 5.71. The number of hydrogen-bond donors (Lipinski definition) is 1. The summed E-state index contributed by atoms with van der Waals surface area (Å²) in [6, 6.07) is 3.75. The Bertz CT molecular complexity index is 701. The maximum absolute atomic E-state index is 12.5. The molecule has 0 spiro atoms. The van der Waals surface area contributed by atoms with Gasteiger partial charge in [-0.15, -0.1) is 0 Å². The lowest BCUT2D eigenvalue weighted by Crippen LogP contribution is -2.31. The number of nitrogens with zero attached hydrogens (tertiary/aromatic N) is 1. The number of amides is 1. The molecule has 0 saturated heterocycles. The molecule has 0 aromatic heterocycles. The maximum Gasteiger partial charge on any atom is 0.338 e. The highest BCUT2D eigenvalue weighted by Gasteiger charge is 2.26. The molecule has 2 N–H and O–H groups in total. The quantitative estimate of drug-likeness (QED) is 0.738. The van der Waals surface area contributed by atoms with E-state index in [9.17, 15) is 18.0 Å². The lowest BCUT2D eigenvalue weighted by Gasteiger charge is -2.19. The summed E-state index contributed by atoms with van der Waals surface area (Å²) in [6.07, 6.45) is -1.12. The van der Waals surface area contributed by atoms with Crippen molar-refractivity contribution in [2.45, 2.75) is 31.8 Å². The molecule has 0 aliphatic rings. The van der Waals surface area contributed by atoms with Gasteiger partial charge in [-0.3, -0.25) is 4.79 Å². The van der Waals surface area contributed by atoms with Crippen molar-refractivity contribution in [1.82, 2.24) is 4.31 Å². The summed E-state index contributed by atoms with van der Waals surface area (Å²) in [5.74, 6) is -1.66. The van der Waals surface area contributed by atoms with Crippen molar-refractivity contribution >= 4 is 33.5 Å². The highest BCUT2D eigenvalue weighted by Crippen LogP contribution is 2.26. The summed E-state index contributed by atoms with van der Waals surface area (Å²) in [7, 11) is -3.83. The number of hydrogen-bond acceptors (Lipinski definition) is 5. The van der Waals surface area contributed by atoms with Gasteiger partial charge in [0.2, 0.25) is 10.0 Å². The second-order valence-electron chi connectivity index (χ2n) is 4.68. The fraction of sp³-hybridized carbons (Fsp3) is 0.429. The van der Waals surface area contributed by atoms with Gasteiger partial charge in [0, 0.05) is 13.1 Å². The number of nitrogens with two attached hydrogens (primary N) is 1. The Morgan fingerprint density at radius 1 is 1.30 bits per heavy atom. The van der Waals surface area contributed by atoms with Gasteiger partial charge in [0.05, 0.1) is 10.6 Å². The van der Waals surface area contributed by atoms with E-state index in [0.717, 1.165) is 6.07 Å². The molecule has 9 heteroatoms. The predicted molar refractivity (Wildman–Crippen MR) is 85.6 cm³/mol. The van der Waals surface area contributed by atoms with Crippen LogP contribution in [0.25, 0.3) is 0 Å². The van der Waals surface area contributed by atoms with E-state index in [2.05, 4.69) is 0 Å². The number of carbonyl (C=O) groups excluding carboxylic acids is 2. The summed E-state index contributed by atoms with van der Waals surface area (Å²) in [5.41, 5.74) is 4.99. The molecule has 23 heavy (non-hydrogen) atoms. The van der Waals surface area contributed by atoms with E-state index in [1.165, 1.54) is 23.4 Å². The predicted octanol–water partition coefficient (Wildman–Crippen LogP) is 1.40. The van der Waals surface area contributed by atoms with Crippen LogP contribution in [-0.2, 0) is 19.6 Å². The number of benzene rings is 1. The highest BCUT2D eigenvalue weighted by atomic mass is 35.5. The molecule has 0 unspecified atom stereocenters. The first-order valence-corrected chi connectivity index (χ1v) is 8.76. The van der Waals surface area contributed by atoms with E-state index in [-0.39, 0.29) is 28.6 Å². The maximum atomic E-state index is 12.5. The van der Waals surface area contributed by atoms with Gasteiger partial charge in [0.1, 0.15) is 4.90 Å². The van der Waals surface area contributed by atoms with Gasteiger partial charge in [0.15, 0.2) is 6.10 Å². The normalized spacial score (nSPS) is 12.9. The van der Waals surface area contributed by atoms with E-state index in [0.29, 0.717) is 0 Å². The van der Waals surface area contributed by atoms with E-state index >= 15 is 0 Å². The van der Waals surface area contributed by atoms with Crippen LogP contribution < -0.4 is 5.73 Å². The summed E-state index contributed by atoms with van der Waals surface area (Å²) in [6.45, 7) is 5.25. The lowest BCUT2D eigenvalue weighted by molar-refractivity contribution is -0.125. The fourth-order valence-electron chi connectivity index (χ4n) is 1.82. The Morgan fingerprint density at radius 2 is 1.87 bits per heavy atom. The van der Waals surface area contributed by atoms with Crippen molar-refractivity contribution in [2.75, 3.05) is 13.1 Å². The van der Waals surface area contributed by atoms with Crippen molar-refractivity contribution in [1.29, 1.82) is 0 Å². The van der Waals surface area contributed by atoms with Gasteiger partial charge in [-0.05, 0) is 25.1 Å². The summed E-state index contributed by atoms with van der Waals surface area (Å²) < 4.78 is 31.1. The third kappa shape index (κ3) is 4.43. The Hall–Kier alpha value is -1.64. The molecule has 1 atom stereocenters. The van der Waals surface area contributed by atoms with Crippen molar-refractivity contribution in [3.05, 3.63) is 28.8 Å². The number of sulfonamides is 1. The number of esters is 1. The molecular formula is C14H19ClN2O5S. The summed E-state index contributed by atoms with van der Waals surface area (Å²) in [4.78, 5) is 22.7. The standard InChI is InChI=1S/C14H19ClN2O5S/c1-4-17(5-2)23(20,21)12-8-10(6-7-11(12)15)14(19)22-9(3)13(16)18/h6-9H,4-5H2,1-3H3,(H2,16,18)/t9-/m1/s1. The van der Waals surface area contributed by atoms with Crippen molar-refractivity contribution in [3.63, 3.8) is 0 Å². The highest BCUT2D eigenvalue weighted by molar-refractivity contribution is 7.89. The van der Waals surface area contributed by atoms with E-state index < -0.39 is 28.0 Å². The van der Waals surface area contributed by atoms with Crippen molar-refractivity contribution in [3.8, 4) is 0 Å².